The number of nitro groups is 1. The normalized spacial score (nSPS) is 16.5. The highest BCUT2D eigenvalue weighted by Gasteiger charge is 2.62. The molecule has 2 saturated heterocycles. The number of anilines is 2. The van der Waals surface area contributed by atoms with E-state index in [1.54, 1.807) is 30.3 Å². The van der Waals surface area contributed by atoms with Gasteiger partial charge in [0.15, 0.2) is 6.61 Å². The second-order valence-corrected chi connectivity index (χ2v) is 12.3. The fourth-order valence-corrected chi connectivity index (χ4v) is 6.26. The number of amides is 5. The molecule has 2 aliphatic rings. The third-order valence-electron chi connectivity index (χ3n) is 8.93. The molecule has 5 amide bonds. The Bertz CT molecular complexity index is 1880. The predicted octanol–water partition coefficient (Wildman–Crippen LogP) is 4.05. The Kier molecular flexibility index (Phi) is 10.7. The highest BCUT2D eigenvalue weighted by atomic mass is 19.4. The van der Waals surface area contributed by atoms with E-state index in [-0.39, 0.29) is 49.0 Å². The maximum atomic E-state index is 14.0. The number of carbonyl (C=O) groups excluding carboxylic acids is 4. The van der Waals surface area contributed by atoms with Crippen LogP contribution in [0.3, 0.4) is 0 Å². The zero-order valence-electron chi connectivity index (χ0n) is 27.6. The van der Waals surface area contributed by atoms with E-state index >= 15 is 0 Å². The number of nitro benzene ring substituents is 1. The summed E-state index contributed by atoms with van der Waals surface area (Å²) in [6.45, 7) is -1.22. The molecule has 2 aliphatic heterocycles. The molecule has 0 saturated carbocycles. The lowest BCUT2D eigenvalue weighted by Crippen LogP contribution is -2.67. The number of carboxylic acids is 1. The first-order valence-electron chi connectivity index (χ1n) is 15.9. The SMILES string of the molecule is CN(CC(=O)O)C(=O)CNC(=O)COc1ccc(C2N(c3cccc([N+](=O)[O-])c3)C(=O)C23CCN(C(=O)Nc2cccc(C(F)(F)F)c2)CC3)cc1. The summed E-state index contributed by atoms with van der Waals surface area (Å²) in [6.07, 6.45) is -4.21. The molecule has 0 bridgehead atoms. The van der Waals surface area contributed by atoms with Crippen LogP contribution in [-0.2, 0) is 25.4 Å². The van der Waals surface area contributed by atoms with Gasteiger partial charge in [-0.1, -0.05) is 24.3 Å². The van der Waals surface area contributed by atoms with Crippen molar-refractivity contribution in [2.45, 2.75) is 25.1 Å². The number of aliphatic carboxylic acids is 1. The van der Waals surface area contributed by atoms with Gasteiger partial charge < -0.3 is 35.2 Å². The van der Waals surface area contributed by atoms with Crippen LogP contribution in [0.5, 0.6) is 5.75 Å². The number of likely N-dealkylation sites (N-methyl/N-ethyl adjacent to an activating group) is 1. The van der Waals surface area contributed by atoms with E-state index in [2.05, 4.69) is 10.6 Å². The zero-order valence-corrected chi connectivity index (χ0v) is 27.6. The maximum absolute atomic E-state index is 14.0. The summed E-state index contributed by atoms with van der Waals surface area (Å²) in [5.41, 5.74) is -1.26. The first kappa shape index (κ1) is 37.1. The average molecular weight is 727 g/mol. The van der Waals surface area contributed by atoms with E-state index in [4.69, 9.17) is 9.84 Å². The van der Waals surface area contributed by atoms with Gasteiger partial charge >= 0.3 is 18.2 Å². The number of benzene rings is 3. The highest BCUT2D eigenvalue weighted by Crippen LogP contribution is 2.57. The number of β-lactam (4-membered cyclic amide) rings is 1. The molecule has 2 fully saturated rings. The van der Waals surface area contributed by atoms with Crippen LogP contribution < -0.4 is 20.3 Å². The standard InChI is InChI=1S/C34H33F3N6O9/c1-40(19-29(46)47)28(45)18-38-27(44)20-52-26-10-8-21(9-11-26)30-33(31(48)42(30)24-6-3-7-25(17-24)43(50)51)12-14-41(15-13-33)32(49)39-23-5-2-4-22(16-23)34(35,36)37/h2-11,16-17,30H,12-15,18-20H2,1H3,(H,38,44)(H,39,49)(H,46,47). The molecule has 1 spiro atoms. The fraction of sp³-hybridized carbons (Fsp3) is 0.324. The van der Waals surface area contributed by atoms with Gasteiger partial charge in [-0.05, 0) is 54.8 Å². The number of urea groups is 1. The first-order valence-corrected chi connectivity index (χ1v) is 15.9. The monoisotopic (exact) mass is 726 g/mol. The lowest BCUT2D eigenvalue weighted by molar-refractivity contribution is -0.384. The molecule has 1 unspecified atom stereocenters. The quantitative estimate of drug-likeness (QED) is 0.149. The highest BCUT2D eigenvalue weighted by molar-refractivity contribution is 6.06. The minimum absolute atomic E-state index is 0.0359. The summed E-state index contributed by atoms with van der Waals surface area (Å²) < 4.78 is 45.1. The molecule has 3 aromatic rings. The lowest BCUT2D eigenvalue weighted by atomic mass is 9.62. The van der Waals surface area contributed by atoms with Crippen molar-refractivity contribution in [3.63, 3.8) is 0 Å². The number of nitrogens with zero attached hydrogens (tertiary/aromatic N) is 4. The minimum atomic E-state index is -4.59. The van der Waals surface area contributed by atoms with Crippen LogP contribution in [0.4, 0.5) is 35.0 Å². The molecule has 3 aromatic carbocycles. The Morgan fingerprint density at radius 2 is 1.71 bits per heavy atom. The van der Waals surface area contributed by atoms with Gasteiger partial charge in [-0.2, -0.15) is 13.2 Å². The summed E-state index contributed by atoms with van der Waals surface area (Å²) in [6, 6.07) is 15.1. The molecule has 18 heteroatoms. The number of likely N-dealkylation sites (tertiary alicyclic amines) is 1. The Morgan fingerprint density at radius 3 is 2.35 bits per heavy atom. The number of alkyl halides is 3. The number of non-ortho nitro benzene ring substituents is 1. The summed E-state index contributed by atoms with van der Waals surface area (Å²) in [4.78, 5) is 76.7. The molecule has 2 heterocycles. The van der Waals surface area contributed by atoms with Crippen LogP contribution in [0.15, 0.2) is 72.8 Å². The van der Waals surface area contributed by atoms with Gasteiger partial charge in [0.2, 0.25) is 11.8 Å². The molecule has 3 N–H and O–H groups in total. The number of hydrogen-bond donors (Lipinski definition) is 3. The molecular formula is C34H33F3N6O9. The average Bonchev–Trinajstić information content (AvgIpc) is 3.11. The van der Waals surface area contributed by atoms with Crippen molar-refractivity contribution in [1.29, 1.82) is 0 Å². The van der Waals surface area contributed by atoms with Crippen LogP contribution in [0.2, 0.25) is 0 Å². The third-order valence-corrected chi connectivity index (χ3v) is 8.93. The summed E-state index contributed by atoms with van der Waals surface area (Å²) in [5.74, 6) is -2.48. The second-order valence-electron chi connectivity index (χ2n) is 12.3. The third kappa shape index (κ3) is 8.06. The number of piperidine rings is 1. The molecule has 52 heavy (non-hydrogen) atoms. The first-order chi connectivity index (χ1) is 24.6. The van der Waals surface area contributed by atoms with E-state index < -0.39 is 71.6 Å². The van der Waals surface area contributed by atoms with E-state index in [0.717, 1.165) is 17.0 Å². The topological polar surface area (TPSA) is 192 Å². The van der Waals surface area contributed by atoms with Crippen LogP contribution >= 0.6 is 0 Å². The van der Waals surface area contributed by atoms with E-state index in [1.165, 1.54) is 47.2 Å². The summed E-state index contributed by atoms with van der Waals surface area (Å²) in [7, 11) is 1.28. The van der Waals surface area contributed by atoms with Crippen molar-refractivity contribution in [3.05, 3.63) is 94.0 Å². The van der Waals surface area contributed by atoms with Crippen molar-refractivity contribution in [2.75, 3.05) is 50.1 Å². The van der Waals surface area contributed by atoms with Gasteiger partial charge in [0.05, 0.1) is 34.2 Å². The molecule has 0 aliphatic carbocycles. The van der Waals surface area contributed by atoms with Crippen LogP contribution in [0.1, 0.15) is 30.0 Å². The molecule has 0 radical (unpaired) electrons. The van der Waals surface area contributed by atoms with Gasteiger partial charge in [-0.25, -0.2) is 4.79 Å². The van der Waals surface area contributed by atoms with Crippen LogP contribution in [0.25, 0.3) is 0 Å². The van der Waals surface area contributed by atoms with Crippen LogP contribution in [-0.4, -0.2) is 89.4 Å². The van der Waals surface area contributed by atoms with Crippen molar-refractivity contribution in [2.24, 2.45) is 5.41 Å². The number of hydrogen-bond acceptors (Lipinski definition) is 8. The Morgan fingerprint density at radius 1 is 1.04 bits per heavy atom. The number of halogens is 3. The van der Waals surface area contributed by atoms with Gasteiger partial charge in [-0.15, -0.1) is 0 Å². The number of carboxylic acid groups (broad SMARTS) is 1. The lowest BCUT2D eigenvalue weighted by Gasteiger charge is -2.58. The number of carbonyl (C=O) groups is 5. The smallest absolute Gasteiger partial charge is 0.416 e. The van der Waals surface area contributed by atoms with Crippen molar-refractivity contribution >= 4 is 46.8 Å². The molecule has 1 atom stereocenters. The van der Waals surface area contributed by atoms with E-state index in [1.807, 2.05) is 0 Å². The molecular weight excluding hydrogens is 693 g/mol. The van der Waals surface area contributed by atoms with Crippen molar-refractivity contribution in [3.8, 4) is 5.75 Å². The molecule has 0 aromatic heterocycles. The minimum Gasteiger partial charge on any atom is -0.484 e. The zero-order chi connectivity index (χ0) is 37.8. The van der Waals surface area contributed by atoms with Crippen molar-refractivity contribution < 1.29 is 51.9 Å². The van der Waals surface area contributed by atoms with Gasteiger partial charge in [0.1, 0.15) is 12.3 Å². The molecule has 5 rings (SSSR count). The predicted molar refractivity (Wildman–Crippen MR) is 177 cm³/mol. The Hall–Kier alpha value is -6.20. The van der Waals surface area contributed by atoms with Crippen LogP contribution in [0, 0.1) is 15.5 Å². The van der Waals surface area contributed by atoms with Gasteiger partial charge in [0, 0.05) is 38.0 Å². The second kappa shape index (κ2) is 15.0. The maximum Gasteiger partial charge on any atom is 0.416 e. The number of ether oxygens (including phenoxy) is 1. The summed E-state index contributed by atoms with van der Waals surface area (Å²) in [5, 5.41) is 25.2. The van der Waals surface area contributed by atoms with E-state index in [0.29, 0.717) is 11.3 Å². The van der Waals surface area contributed by atoms with E-state index in [9.17, 15) is 47.3 Å². The largest absolute Gasteiger partial charge is 0.484 e. The molecule has 274 valence electrons. The number of rotatable bonds is 11. The Labute approximate surface area is 294 Å². The summed E-state index contributed by atoms with van der Waals surface area (Å²) >= 11 is 0. The molecule has 15 nitrogen and oxygen atoms in total. The van der Waals surface area contributed by atoms with Gasteiger partial charge in [0.25, 0.3) is 11.6 Å². The van der Waals surface area contributed by atoms with Crippen molar-refractivity contribution in [1.82, 2.24) is 15.1 Å². The number of nitrogens with one attached hydrogen (secondary N) is 2. The fourth-order valence-electron chi connectivity index (χ4n) is 6.26. The van der Waals surface area contributed by atoms with Gasteiger partial charge in [-0.3, -0.25) is 29.3 Å². The Balaban J connectivity index is 1.29.